The van der Waals surface area contributed by atoms with Gasteiger partial charge >= 0.3 is 0 Å². The Bertz CT molecular complexity index is 747. The molecule has 0 bridgehead atoms. The lowest BCUT2D eigenvalue weighted by atomic mass is 10.0. The molecule has 4 nitrogen and oxygen atoms in total. The first-order chi connectivity index (χ1) is 11.6. The highest BCUT2D eigenvalue weighted by molar-refractivity contribution is 7.99. The van der Waals surface area contributed by atoms with Crippen LogP contribution in [-0.4, -0.2) is 41.7 Å². The quantitative estimate of drug-likeness (QED) is 0.789. The maximum Gasteiger partial charge on any atom is 0.232 e. The van der Waals surface area contributed by atoms with Crippen molar-refractivity contribution in [1.82, 2.24) is 9.88 Å². The van der Waals surface area contributed by atoms with E-state index >= 15 is 0 Å². The summed E-state index contributed by atoms with van der Waals surface area (Å²) >= 11 is 1.54. The molecule has 1 aromatic heterocycles. The first-order valence-electron chi connectivity index (χ1n) is 8.43. The summed E-state index contributed by atoms with van der Waals surface area (Å²) in [5.41, 5.74) is 2.03. The van der Waals surface area contributed by atoms with Crippen molar-refractivity contribution in [3.63, 3.8) is 0 Å². The third-order valence-corrected chi connectivity index (χ3v) is 5.59. The molecule has 0 unspecified atom stereocenters. The molecule has 2 heterocycles. The van der Waals surface area contributed by atoms with Crippen LogP contribution >= 0.6 is 11.8 Å². The van der Waals surface area contributed by atoms with E-state index < -0.39 is 0 Å². The summed E-state index contributed by atoms with van der Waals surface area (Å²) in [5, 5.41) is 2.00. The van der Waals surface area contributed by atoms with Crippen molar-refractivity contribution < 1.29 is 9.53 Å². The number of methoxy groups -OCH3 is 1. The Morgan fingerprint density at radius 1 is 1.42 bits per heavy atom. The summed E-state index contributed by atoms with van der Waals surface area (Å²) in [5.74, 6) is 2.13. The molecule has 128 valence electrons. The third kappa shape index (κ3) is 3.83. The van der Waals surface area contributed by atoms with E-state index in [1.807, 2.05) is 30.0 Å². The van der Waals surface area contributed by atoms with Gasteiger partial charge in [-0.2, -0.15) is 0 Å². The van der Waals surface area contributed by atoms with Crippen molar-refractivity contribution in [1.29, 1.82) is 0 Å². The number of fused-ring (bicyclic) bond motifs is 1. The monoisotopic (exact) mass is 344 g/mol. The number of aromatic nitrogens is 1. The molecule has 1 saturated heterocycles. The van der Waals surface area contributed by atoms with Crippen molar-refractivity contribution in [2.45, 2.75) is 31.7 Å². The molecule has 1 aliphatic heterocycles. The van der Waals surface area contributed by atoms with Crippen LogP contribution in [0.25, 0.3) is 10.9 Å². The zero-order valence-corrected chi connectivity index (χ0v) is 15.4. The minimum absolute atomic E-state index is 0.225. The molecule has 0 aliphatic carbocycles. The van der Waals surface area contributed by atoms with E-state index in [1.54, 1.807) is 18.9 Å². The van der Waals surface area contributed by atoms with Crippen molar-refractivity contribution in [3.05, 3.63) is 29.8 Å². The highest BCUT2D eigenvalue weighted by atomic mass is 32.2. The molecule has 0 N–H and O–H groups in total. The van der Waals surface area contributed by atoms with E-state index in [0.29, 0.717) is 11.7 Å². The van der Waals surface area contributed by atoms with Gasteiger partial charge in [0.05, 0.1) is 18.4 Å². The van der Waals surface area contributed by atoms with Crippen molar-refractivity contribution in [3.8, 4) is 5.75 Å². The summed E-state index contributed by atoms with van der Waals surface area (Å²) in [7, 11) is 1.67. The number of likely N-dealkylation sites (tertiary alicyclic amines) is 1. The number of carbonyl (C=O) groups is 1. The van der Waals surface area contributed by atoms with Crippen molar-refractivity contribution in [2.75, 3.05) is 26.0 Å². The van der Waals surface area contributed by atoms with Crippen LogP contribution in [-0.2, 0) is 4.79 Å². The number of rotatable bonds is 4. The molecule has 3 rings (SSSR count). The Hall–Kier alpha value is -1.75. The van der Waals surface area contributed by atoms with Crippen molar-refractivity contribution >= 4 is 28.6 Å². The number of ether oxygens (including phenoxy) is 1. The number of thioether (sulfide) groups is 1. The number of amides is 1. The maximum atomic E-state index is 12.4. The van der Waals surface area contributed by atoms with Crippen molar-refractivity contribution in [2.24, 2.45) is 5.92 Å². The molecule has 1 fully saturated rings. The van der Waals surface area contributed by atoms with Gasteiger partial charge in [0.15, 0.2) is 0 Å². The molecule has 1 aliphatic rings. The fourth-order valence-electron chi connectivity index (χ4n) is 3.15. The second-order valence-electron chi connectivity index (χ2n) is 6.54. The number of carbonyl (C=O) groups excluding carboxylic acids is 1. The van der Waals surface area contributed by atoms with E-state index in [9.17, 15) is 4.79 Å². The van der Waals surface area contributed by atoms with Crippen LogP contribution in [0.5, 0.6) is 5.75 Å². The van der Waals surface area contributed by atoms with Crippen LogP contribution in [0.4, 0.5) is 0 Å². The second kappa shape index (κ2) is 7.43. The van der Waals surface area contributed by atoms with Crippen LogP contribution in [0.15, 0.2) is 29.3 Å². The Labute approximate surface area is 147 Å². The van der Waals surface area contributed by atoms with Gasteiger partial charge in [-0.05, 0) is 55.5 Å². The predicted molar refractivity (Wildman–Crippen MR) is 98.7 cm³/mol. The first kappa shape index (κ1) is 17.1. The molecule has 1 amide bonds. The van der Waals surface area contributed by atoms with Gasteiger partial charge in [-0.3, -0.25) is 4.79 Å². The summed E-state index contributed by atoms with van der Waals surface area (Å²) in [6.07, 6.45) is 2.35. The number of hydrogen-bond acceptors (Lipinski definition) is 4. The number of hydrogen-bond donors (Lipinski definition) is 0. The van der Waals surface area contributed by atoms with E-state index in [2.05, 4.69) is 13.0 Å². The number of nitrogens with zero attached hydrogens (tertiary/aromatic N) is 2. The van der Waals surface area contributed by atoms with Crippen LogP contribution < -0.4 is 4.74 Å². The zero-order chi connectivity index (χ0) is 17.1. The number of aryl methyl sites for hydroxylation is 1. The minimum atomic E-state index is 0.225. The van der Waals surface area contributed by atoms with Gasteiger partial charge in [-0.15, -0.1) is 0 Å². The molecule has 1 atom stereocenters. The molecule has 24 heavy (non-hydrogen) atoms. The highest BCUT2D eigenvalue weighted by Gasteiger charge is 2.21. The Morgan fingerprint density at radius 3 is 3.00 bits per heavy atom. The lowest BCUT2D eigenvalue weighted by Gasteiger charge is -2.30. The Balaban J connectivity index is 1.70. The smallest absolute Gasteiger partial charge is 0.232 e. The van der Waals surface area contributed by atoms with Crippen LogP contribution in [0.2, 0.25) is 0 Å². The van der Waals surface area contributed by atoms with Gasteiger partial charge in [0.2, 0.25) is 5.91 Å². The van der Waals surface area contributed by atoms with E-state index in [-0.39, 0.29) is 5.91 Å². The third-order valence-electron chi connectivity index (χ3n) is 4.51. The van der Waals surface area contributed by atoms with Gasteiger partial charge in [-0.25, -0.2) is 4.98 Å². The SMILES string of the molecule is COc1ccc2nc(SCC(=O)N3CCC[C@H](C)C3)c(C)cc2c1. The van der Waals surface area contributed by atoms with Crippen LogP contribution in [0.3, 0.4) is 0 Å². The largest absolute Gasteiger partial charge is 0.497 e. The predicted octanol–water partition coefficient (Wildman–Crippen LogP) is 3.90. The molecular formula is C19H24N2O2S. The molecule has 5 heteroatoms. The lowest BCUT2D eigenvalue weighted by molar-refractivity contribution is -0.130. The summed E-state index contributed by atoms with van der Waals surface area (Å²) in [4.78, 5) is 19.2. The number of benzene rings is 1. The van der Waals surface area contributed by atoms with Gasteiger partial charge in [0, 0.05) is 18.5 Å². The summed E-state index contributed by atoms with van der Waals surface area (Å²) < 4.78 is 5.26. The molecule has 2 aromatic rings. The second-order valence-corrected chi connectivity index (χ2v) is 7.51. The standard InChI is InChI=1S/C19H24N2O2S/c1-13-5-4-8-21(11-13)18(22)12-24-19-14(2)9-15-10-16(23-3)6-7-17(15)20-19/h6-7,9-10,13H,4-5,8,11-12H2,1-3H3/t13-/m0/s1. The van der Waals surface area contributed by atoms with E-state index in [4.69, 9.17) is 9.72 Å². The van der Waals surface area contributed by atoms with Crippen LogP contribution in [0.1, 0.15) is 25.3 Å². The van der Waals surface area contributed by atoms with Crippen LogP contribution in [0, 0.1) is 12.8 Å². The average Bonchev–Trinajstić information content (AvgIpc) is 2.59. The first-order valence-corrected chi connectivity index (χ1v) is 9.41. The van der Waals surface area contributed by atoms with Gasteiger partial charge < -0.3 is 9.64 Å². The summed E-state index contributed by atoms with van der Waals surface area (Å²) in [6.45, 7) is 6.05. The van der Waals surface area contributed by atoms with Gasteiger partial charge in [0.1, 0.15) is 10.8 Å². The number of pyridine rings is 1. The molecule has 1 aromatic carbocycles. The Morgan fingerprint density at radius 2 is 2.25 bits per heavy atom. The van der Waals surface area contributed by atoms with E-state index in [1.165, 1.54) is 6.42 Å². The fraction of sp³-hybridized carbons (Fsp3) is 0.474. The van der Waals surface area contributed by atoms with E-state index in [0.717, 1.165) is 46.8 Å². The summed E-state index contributed by atoms with van der Waals surface area (Å²) in [6, 6.07) is 7.98. The number of piperidine rings is 1. The maximum absolute atomic E-state index is 12.4. The van der Waals surface area contributed by atoms with Gasteiger partial charge in [0.25, 0.3) is 0 Å². The normalized spacial score (nSPS) is 18.0. The highest BCUT2D eigenvalue weighted by Crippen LogP contribution is 2.27. The minimum Gasteiger partial charge on any atom is -0.497 e. The Kier molecular flexibility index (Phi) is 5.29. The fourth-order valence-corrected chi connectivity index (χ4v) is 4.05. The topological polar surface area (TPSA) is 42.4 Å². The molecular weight excluding hydrogens is 320 g/mol. The molecule has 0 saturated carbocycles. The average molecular weight is 344 g/mol. The van der Waals surface area contributed by atoms with Gasteiger partial charge in [-0.1, -0.05) is 18.7 Å². The molecule has 0 radical (unpaired) electrons. The lowest BCUT2D eigenvalue weighted by Crippen LogP contribution is -2.40. The zero-order valence-electron chi connectivity index (χ0n) is 14.5. The molecule has 0 spiro atoms.